The van der Waals surface area contributed by atoms with Crippen molar-refractivity contribution in [3.05, 3.63) is 40.9 Å². The minimum absolute atomic E-state index is 0.0414. The van der Waals surface area contributed by atoms with Crippen molar-refractivity contribution in [2.24, 2.45) is 16.7 Å². The van der Waals surface area contributed by atoms with Gasteiger partial charge < -0.3 is 20.4 Å². The molecule has 0 saturated heterocycles. The molecule has 0 unspecified atom stereocenters. The van der Waals surface area contributed by atoms with Gasteiger partial charge in [-0.05, 0) is 56.6 Å². The van der Waals surface area contributed by atoms with E-state index in [9.17, 15) is 15.0 Å². The number of hydrogen-bond acceptors (Lipinski definition) is 6. The summed E-state index contributed by atoms with van der Waals surface area (Å²) in [4.78, 5) is 21.4. The van der Waals surface area contributed by atoms with Gasteiger partial charge in [0.05, 0.1) is 18.4 Å². The van der Waals surface area contributed by atoms with E-state index in [4.69, 9.17) is 4.98 Å². The van der Waals surface area contributed by atoms with E-state index in [1.54, 1.807) is 11.3 Å². The van der Waals surface area contributed by atoms with Crippen molar-refractivity contribution in [2.45, 2.75) is 65.4 Å². The van der Waals surface area contributed by atoms with Crippen molar-refractivity contribution in [3.63, 3.8) is 0 Å². The summed E-state index contributed by atoms with van der Waals surface area (Å²) < 4.78 is 0. The Morgan fingerprint density at radius 3 is 2.58 bits per heavy atom. The smallest absolute Gasteiger partial charge is 0.223 e. The highest BCUT2D eigenvalue weighted by Gasteiger charge is 2.59. The van der Waals surface area contributed by atoms with Crippen molar-refractivity contribution in [1.29, 1.82) is 0 Å². The highest BCUT2D eigenvalue weighted by Crippen LogP contribution is 2.63. The molecule has 5 atom stereocenters. The number of fused-ring (bicyclic) bond motifs is 2. The molecule has 0 aliphatic heterocycles. The number of para-hydroxylation sites is 1. The van der Waals surface area contributed by atoms with Crippen LogP contribution in [0.1, 0.15) is 63.4 Å². The van der Waals surface area contributed by atoms with Crippen LogP contribution in [0.15, 0.2) is 30.3 Å². The number of thiazole rings is 1. The molecule has 180 valence electrons. The second-order valence-electron chi connectivity index (χ2n) is 10.1. The third kappa shape index (κ3) is 4.19. The van der Waals surface area contributed by atoms with Crippen molar-refractivity contribution in [3.8, 4) is 0 Å². The number of amides is 1. The molecule has 0 radical (unpaired) electrons. The maximum Gasteiger partial charge on any atom is 0.223 e. The van der Waals surface area contributed by atoms with Crippen LogP contribution < -0.4 is 5.32 Å². The third-order valence-corrected chi connectivity index (χ3v) is 9.42. The number of carbonyl (C=O) groups is 1. The van der Waals surface area contributed by atoms with Crippen LogP contribution in [0, 0.1) is 16.7 Å². The molecule has 0 bridgehead atoms. The number of benzene rings is 1. The Balaban J connectivity index is 1.76. The molecule has 6 nitrogen and oxygen atoms in total. The van der Waals surface area contributed by atoms with E-state index in [-0.39, 0.29) is 29.8 Å². The molecule has 1 aromatic carbocycles. The molecule has 1 aromatic heterocycles. The first kappa shape index (κ1) is 24.2. The fourth-order valence-electron chi connectivity index (χ4n) is 6.22. The minimum Gasteiger partial charge on any atom is -0.396 e. The first-order valence-corrected chi connectivity index (χ1v) is 13.0. The Morgan fingerprint density at radius 1 is 1.24 bits per heavy atom. The van der Waals surface area contributed by atoms with Crippen LogP contribution in [-0.2, 0) is 11.2 Å². The average Bonchev–Trinajstić information content (AvgIpc) is 3.21. The van der Waals surface area contributed by atoms with E-state index in [2.05, 4.69) is 12.2 Å². The van der Waals surface area contributed by atoms with E-state index in [1.165, 1.54) is 4.88 Å². The van der Waals surface area contributed by atoms with Crippen LogP contribution in [0.4, 0.5) is 10.8 Å². The number of aromatic nitrogens is 1. The third-order valence-electron chi connectivity index (χ3n) is 8.41. The zero-order valence-corrected chi connectivity index (χ0v) is 21.0. The number of anilines is 2. The van der Waals surface area contributed by atoms with Crippen LogP contribution in [0.3, 0.4) is 0 Å². The summed E-state index contributed by atoms with van der Waals surface area (Å²) in [5.41, 5.74) is 1.19. The molecule has 2 aliphatic carbocycles. The molecule has 33 heavy (non-hydrogen) atoms. The molecule has 2 aliphatic rings. The summed E-state index contributed by atoms with van der Waals surface area (Å²) in [5.74, 6) is 0.186. The van der Waals surface area contributed by atoms with Gasteiger partial charge in [0.2, 0.25) is 5.91 Å². The number of carbonyl (C=O) groups excluding carboxylic acids is 1. The number of rotatable bonds is 7. The Bertz CT molecular complexity index is 976. The topological polar surface area (TPSA) is 85.7 Å². The molecule has 1 saturated carbocycles. The Labute approximate surface area is 201 Å². The highest BCUT2D eigenvalue weighted by atomic mass is 32.1. The SMILES string of the molecule is CCN(CC)C(=O)C[C@H]1c2nc(Nc3ccccc3)sc2C[C@H]2[C@](C)(CO)[C@H](O)CC[C@]21C. The number of aliphatic hydroxyl groups is 2. The number of nitrogens with one attached hydrogen (secondary N) is 1. The number of nitrogens with zero attached hydrogens (tertiary/aromatic N) is 2. The molecule has 2 aromatic rings. The highest BCUT2D eigenvalue weighted by molar-refractivity contribution is 7.15. The van der Waals surface area contributed by atoms with Gasteiger partial charge in [-0.1, -0.05) is 32.0 Å². The monoisotopic (exact) mass is 471 g/mol. The molecule has 1 heterocycles. The van der Waals surface area contributed by atoms with Crippen LogP contribution in [0.25, 0.3) is 0 Å². The zero-order valence-electron chi connectivity index (χ0n) is 20.2. The first-order valence-electron chi connectivity index (χ1n) is 12.1. The lowest BCUT2D eigenvalue weighted by Gasteiger charge is -2.58. The van der Waals surface area contributed by atoms with Crippen LogP contribution in [0.5, 0.6) is 0 Å². The second-order valence-corrected chi connectivity index (χ2v) is 11.2. The number of hydrogen-bond donors (Lipinski definition) is 3. The van der Waals surface area contributed by atoms with E-state index >= 15 is 0 Å². The Hall–Kier alpha value is -1.96. The van der Waals surface area contributed by atoms with Gasteiger partial charge >= 0.3 is 0 Å². The van der Waals surface area contributed by atoms with Gasteiger partial charge in [0.15, 0.2) is 5.13 Å². The van der Waals surface area contributed by atoms with Gasteiger partial charge in [0, 0.05) is 41.4 Å². The van der Waals surface area contributed by atoms with Gasteiger partial charge in [-0.3, -0.25) is 4.79 Å². The van der Waals surface area contributed by atoms with Gasteiger partial charge in [-0.15, -0.1) is 11.3 Å². The molecule has 1 amide bonds. The van der Waals surface area contributed by atoms with Crippen LogP contribution >= 0.6 is 11.3 Å². The van der Waals surface area contributed by atoms with E-state index in [0.717, 1.165) is 29.4 Å². The van der Waals surface area contributed by atoms with Crippen molar-refractivity contribution in [1.82, 2.24) is 9.88 Å². The molecule has 3 N–H and O–H groups in total. The standard InChI is InChI=1S/C26H37N3O3S/c1-5-29(6-2)22(32)14-18-23-19(33-24(28-23)27-17-10-8-7-9-11-17)15-20-25(18,3)13-12-21(31)26(20,4)16-30/h7-11,18,20-21,30-31H,5-6,12-16H2,1-4H3,(H,27,28)/t18-,20+,21+,25-,26-/m0/s1. The predicted molar refractivity (Wildman–Crippen MR) is 133 cm³/mol. The summed E-state index contributed by atoms with van der Waals surface area (Å²) in [5, 5.41) is 25.6. The molecular weight excluding hydrogens is 434 g/mol. The zero-order chi connectivity index (χ0) is 23.8. The predicted octanol–water partition coefficient (Wildman–Crippen LogP) is 4.56. The molecule has 0 spiro atoms. The van der Waals surface area contributed by atoms with Crippen molar-refractivity contribution in [2.75, 3.05) is 25.0 Å². The van der Waals surface area contributed by atoms with E-state index < -0.39 is 11.5 Å². The summed E-state index contributed by atoms with van der Waals surface area (Å²) >= 11 is 1.64. The van der Waals surface area contributed by atoms with Gasteiger partial charge in [-0.25, -0.2) is 4.98 Å². The second kappa shape index (κ2) is 9.35. The first-order chi connectivity index (χ1) is 15.8. The van der Waals surface area contributed by atoms with Crippen LogP contribution in [-0.4, -0.2) is 51.8 Å². The molecule has 4 rings (SSSR count). The van der Waals surface area contributed by atoms with E-state index in [1.807, 2.05) is 56.0 Å². The average molecular weight is 472 g/mol. The van der Waals surface area contributed by atoms with Gasteiger partial charge in [0.1, 0.15) is 0 Å². The fraction of sp³-hybridized carbons (Fsp3) is 0.615. The number of aliphatic hydroxyl groups excluding tert-OH is 2. The summed E-state index contributed by atoms with van der Waals surface area (Å²) in [6.45, 7) is 9.63. The molecule has 1 fully saturated rings. The summed E-state index contributed by atoms with van der Waals surface area (Å²) in [6.07, 6.45) is 2.09. The lowest BCUT2D eigenvalue weighted by atomic mass is 9.47. The normalized spacial score (nSPS) is 30.9. The Kier molecular flexibility index (Phi) is 6.85. The fourth-order valence-corrected chi connectivity index (χ4v) is 7.31. The largest absolute Gasteiger partial charge is 0.396 e. The van der Waals surface area contributed by atoms with E-state index in [0.29, 0.717) is 25.9 Å². The minimum atomic E-state index is -0.599. The van der Waals surface area contributed by atoms with Crippen molar-refractivity contribution < 1.29 is 15.0 Å². The lowest BCUT2D eigenvalue weighted by Crippen LogP contribution is -2.57. The summed E-state index contributed by atoms with van der Waals surface area (Å²) in [6, 6.07) is 10.00. The molecular formula is C26H37N3O3S. The van der Waals surface area contributed by atoms with Crippen molar-refractivity contribution >= 4 is 28.1 Å². The quantitative estimate of drug-likeness (QED) is 0.551. The van der Waals surface area contributed by atoms with Gasteiger partial charge in [-0.2, -0.15) is 0 Å². The Morgan fingerprint density at radius 2 is 1.94 bits per heavy atom. The molecule has 7 heteroatoms. The maximum absolute atomic E-state index is 13.3. The van der Waals surface area contributed by atoms with Crippen LogP contribution in [0.2, 0.25) is 0 Å². The summed E-state index contributed by atoms with van der Waals surface area (Å²) in [7, 11) is 0. The van der Waals surface area contributed by atoms with Gasteiger partial charge in [0.25, 0.3) is 0 Å². The lowest BCUT2D eigenvalue weighted by molar-refractivity contribution is -0.147. The maximum atomic E-state index is 13.3.